The molecule has 0 spiro atoms. The van der Waals surface area contributed by atoms with Gasteiger partial charge in [-0.25, -0.2) is 8.42 Å². The summed E-state index contributed by atoms with van der Waals surface area (Å²) in [6.45, 7) is 1.60. The van der Waals surface area contributed by atoms with E-state index in [0.29, 0.717) is 0 Å². The van der Waals surface area contributed by atoms with E-state index in [0.717, 1.165) is 5.56 Å². The highest BCUT2D eigenvalue weighted by molar-refractivity contribution is 7.86. The maximum absolute atomic E-state index is 11.1. The molecular formula is C15H12F3IO4S. The Morgan fingerprint density at radius 1 is 0.958 bits per heavy atom. The second-order valence-corrected chi connectivity index (χ2v) is 8.75. The molecule has 0 saturated carbocycles. The van der Waals surface area contributed by atoms with Gasteiger partial charge in [0.05, 0.1) is 0 Å². The number of carbonyl (C=O) groups excluding carboxylic acids is 1. The van der Waals surface area contributed by atoms with Crippen molar-refractivity contribution in [2.75, 3.05) is 0 Å². The van der Waals surface area contributed by atoms with Gasteiger partial charge in [-0.1, -0.05) is 18.2 Å². The largest absolute Gasteiger partial charge is 0.741 e. The monoisotopic (exact) mass is 472 g/mol. The first-order chi connectivity index (χ1) is 11.0. The van der Waals surface area contributed by atoms with E-state index in [1.807, 2.05) is 18.2 Å². The van der Waals surface area contributed by atoms with E-state index in [1.54, 1.807) is 6.92 Å². The van der Waals surface area contributed by atoms with Crippen LogP contribution in [0, 0.1) is 7.14 Å². The summed E-state index contributed by atoms with van der Waals surface area (Å²) in [4.78, 5) is 11.1. The van der Waals surface area contributed by atoms with Gasteiger partial charge >= 0.3 is 26.7 Å². The fourth-order valence-electron chi connectivity index (χ4n) is 1.35. The van der Waals surface area contributed by atoms with Crippen molar-refractivity contribution < 1.29 is 52.1 Å². The van der Waals surface area contributed by atoms with E-state index in [9.17, 15) is 18.0 Å². The molecule has 0 aliphatic rings. The van der Waals surface area contributed by atoms with Gasteiger partial charge in [-0.2, -0.15) is 13.2 Å². The number of hydrogen-bond acceptors (Lipinski definition) is 4. The Morgan fingerprint density at radius 2 is 1.38 bits per heavy atom. The van der Waals surface area contributed by atoms with Crippen molar-refractivity contribution in [3.05, 3.63) is 67.3 Å². The Morgan fingerprint density at radius 3 is 1.75 bits per heavy atom. The summed E-state index contributed by atoms with van der Waals surface area (Å²) >= 11 is -0.115. The van der Waals surface area contributed by atoms with Crippen molar-refractivity contribution in [3.63, 3.8) is 0 Å². The second-order valence-electron chi connectivity index (χ2n) is 4.35. The van der Waals surface area contributed by atoms with E-state index in [1.165, 1.54) is 7.14 Å². The fourth-order valence-corrected chi connectivity index (χ4v) is 3.56. The molecule has 0 aromatic heterocycles. The molecule has 0 unspecified atom stereocenters. The number of Topliss-reactive ketones (excluding diaryl/α,β-unsaturated/α-hetero) is 1. The highest BCUT2D eigenvalue weighted by Gasteiger charge is 2.36. The Labute approximate surface area is 147 Å². The predicted molar refractivity (Wildman–Crippen MR) is 76.0 cm³/mol. The Balaban J connectivity index is 0.000000307. The maximum Gasteiger partial charge on any atom is 0.485 e. The molecule has 4 nitrogen and oxygen atoms in total. The topological polar surface area (TPSA) is 74.3 Å². The quantitative estimate of drug-likeness (QED) is 0.275. The smallest absolute Gasteiger partial charge is 0.485 e. The third-order valence-electron chi connectivity index (χ3n) is 2.49. The zero-order valence-electron chi connectivity index (χ0n) is 12.2. The van der Waals surface area contributed by atoms with Crippen molar-refractivity contribution >= 4 is 15.9 Å². The Hall–Kier alpha value is -1.46. The van der Waals surface area contributed by atoms with Crippen molar-refractivity contribution in [3.8, 4) is 0 Å². The molecule has 0 aliphatic heterocycles. The molecule has 0 heterocycles. The number of halogens is 4. The van der Waals surface area contributed by atoms with E-state index >= 15 is 0 Å². The molecule has 2 aromatic rings. The van der Waals surface area contributed by atoms with E-state index < -0.39 is 15.6 Å². The van der Waals surface area contributed by atoms with E-state index in [2.05, 4.69) is 36.4 Å². The lowest BCUT2D eigenvalue weighted by atomic mass is 10.2. The normalized spacial score (nSPS) is 11.4. The van der Waals surface area contributed by atoms with E-state index in [4.69, 9.17) is 13.0 Å². The molecule has 0 saturated heterocycles. The van der Waals surface area contributed by atoms with Gasteiger partial charge in [0.15, 0.2) is 23.0 Å². The molecule has 130 valence electrons. The third kappa shape index (κ3) is 6.97. The van der Waals surface area contributed by atoms with Gasteiger partial charge in [0.1, 0.15) is 0 Å². The van der Waals surface area contributed by atoms with Crippen LogP contribution >= 0.6 is 0 Å². The van der Waals surface area contributed by atoms with E-state index in [-0.39, 0.29) is 27.0 Å². The molecule has 2 aromatic carbocycles. The second kappa shape index (κ2) is 8.58. The van der Waals surface area contributed by atoms with Crippen LogP contribution in [-0.2, 0) is 10.1 Å². The summed E-state index contributed by atoms with van der Waals surface area (Å²) in [6.07, 6.45) is 0. The number of carbonyl (C=O) groups is 1. The number of alkyl halides is 3. The molecule has 0 bridgehead atoms. The fraction of sp³-hybridized carbons (Fsp3) is 0.133. The third-order valence-corrected chi connectivity index (χ3v) is 5.74. The Kier molecular flexibility index (Phi) is 7.36. The van der Waals surface area contributed by atoms with Gasteiger partial charge in [-0.15, -0.1) is 0 Å². The van der Waals surface area contributed by atoms with Crippen LogP contribution in [0.1, 0.15) is 17.3 Å². The molecule has 24 heavy (non-hydrogen) atoms. The van der Waals surface area contributed by atoms with Crippen molar-refractivity contribution in [2.24, 2.45) is 0 Å². The first kappa shape index (κ1) is 20.6. The minimum atomic E-state index is -6.09. The van der Waals surface area contributed by atoms with Crippen molar-refractivity contribution in [1.82, 2.24) is 0 Å². The first-order valence-electron chi connectivity index (χ1n) is 6.34. The minimum Gasteiger partial charge on any atom is -0.741 e. The summed E-state index contributed by atoms with van der Waals surface area (Å²) in [5.41, 5.74) is -4.85. The summed E-state index contributed by atoms with van der Waals surface area (Å²) < 4.78 is 61.6. The van der Waals surface area contributed by atoms with Crippen molar-refractivity contribution in [2.45, 2.75) is 12.4 Å². The lowest BCUT2D eigenvalue weighted by Crippen LogP contribution is -3.61. The number of benzene rings is 2. The average molecular weight is 472 g/mol. The molecule has 0 N–H and O–H groups in total. The van der Waals surface area contributed by atoms with Crippen LogP contribution in [0.3, 0.4) is 0 Å². The van der Waals surface area contributed by atoms with Crippen LogP contribution in [0.25, 0.3) is 0 Å². The number of ketones is 1. The highest BCUT2D eigenvalue weighted by atomic mass is 127. The average Bonchev–Trinajstić information content (AvgIpc) is 2.47. The standard InChI is InChI=1S/C14H12IO.CHF3O3S/c1-11(16)12-7-9-14(10-8-12)15-13-5-3-2-4-6-13;2-1(3,4)8(5,6)7/h2-10H,1H3;(H,5,6,7)/q+1;/p-1. The molecule has 0 amide bonds. The van der Waals surface area contributed by atoms with Crippen LogP contribution in [0.2, 0.25) is 0 Å². The summed E-state index contributed by atoms with van der Waals surface area (Å²) in [6, 6.07) is 18.5. The van der Waals surface area contributed by atoms with Gasteiger partial charge in [-0.3, -0.25) is 4.79 Å². The van der Waals surface area contributed by atoms with Gasteiger partial charge in [0.25, 0.3) is 0 Å². The van der Waals surface area contributed by atoms with Crippen LogP contribution in [0.5, 0.6) is 0 Å². The van der Waals surface area contributed by atoms with Crippen LogP contribution in [0.15, 0.2) is 54.6 Å². The molecule has 0 radical (unpaired) electrons. The van der Waals surface area contributed by atoms with Gasteiger partial charge in [0.2, 0.25) is 0 Å². The molecule has 0 atom stereocenters. The van der Waals surface area contributed by atoms with Crippen LogP contribution < -0.4 is 21.2 Å². The lowest BCUT2D eigenvalue weighted by Gasteiger charge is -2.08. The molecule has 9 heteroatoms. The SMILES string of the molecule is CC(=O)c1ccc([I+]c2ccccc2)cc1.O=S(=O)([O-])C(F)(F)F. The van der Waals surface area contributed by atoms with Gasteiger partial charge < -0.3 is 4.55 Å². The maximum atomic E-state index is 11.1. The molecular weight excluding hydrogens is 460 g/mol. The number of rotatable bonds is 3. The van der Waals surface area contributed by atoms with Gasteiger partial charge in [0, 0.05) is 5.56 Å². The predicted octanol–water partition coefficient (Wildman–Crippen LogP) is 0.0690. The van der Waals surface area contributed by atoms with Gasteiger partial charge in [-0.05, 0) is 43.3 Å². The minimum absolute atomic E-state index is 0.115. The zero-order valence-corrected chi connectivity index (χ0v) is 15.2. The highest BCUT2D eigenvalue weighted by Crippen LogP contribution is 2.20. The van der Waals surface area contributed by atoms with Crippen molar-refractivity contribution in [1.29, 1.82) is 0 Å². The lowest BCUT2D eigenvalue weighted by molar-refractivity contribution is -0.597. The zero-order chi connectivity index (χ0) is 18.4. The van der Waals surface area contributed by atoms with Crippen LogP contribution in [-0.4, -0.2) is 24.3 Å². The molecule has 0 aliphatic carbocycles. The number of hydrogen-bond donors (Lipinski definition) is 0. The summed E-state index contributed by atoms with van der Waals surface area (Å²) in [7, 11) is -6.09. The molecule has 2 rings (SSSR count). The first-order valence-corrected chi connectivity index (χ1v) is 9.90. The Bertz CT molecular complexity index is 773. The summed E-state index contributed by atoms with van der Waals surface area (Å²) in [5, 5.41) is 0. The summed E-state index contributed by atoms with van der Waals surface area (Å²) in [5.74, 6) is 0.129. The molecule has 0 fully saturated rings. The van der Waals surface area contributed by atoms with Crippen LogP contribution in [0.4, 0.5) is 13.2 Å².